The van der Waals surface area contributed by atoms with E-state index in [0.717, 1.165) is 16.9 Å². The molecule has 0 fully saturated rings. The summed E-state index contributed by atoms with van der Waals surface area (Å²) in [6, 6.07) is 17.0. The molecule has 0 aliphatic heterocycles. The molecular weight excluding hydrogens is 432 g/mol. The fourth-order valence-electron chi connectivity index (χ4n) is 2.48. The third-order valence-electron chi connectivity index (χ3n) is 4.06. The molecule has 1 N–H and O–H groups in total. The normalized spacial score (nSPS) is 11.1. The van der Waals surface area contributed by atoms with Crippen molar-refractivity contribution in [2.75, 3.05) is 18.0 Å². The fourth-order valence-corrected chi connectivity index (χ4v) is 5.05. The number of rotatable bonds is 8. The molecule has 0 spiro atoms. The first-order chi connectivity index (χ1) is 13.9. The Morgan fingerprint density at radius 2 is 1.90 bits per heavy atom. The number of thiophene rings is 1. The molecule has 1 aromatic heterocycles. The molecule has 0 aliphatic carbocycles. The molecule has 0 saturated carbocycles. The number of sulfonamides is 1. The lowest BCUT2D eigenvalue weighted by molar-refractivity contribution is -0.123. The molecular formula is C20H19ClN2O4S2. The van der Waals surface area contributed by atoms with Gasteiger partial charge in [0.2, 0.25) is 0 Å². The van der Waals surface area contributed by atoms with Crippen LogP contribution in [0.15, 0.2) is 70.3 Å². The van der Waals surface area contributed by atoms with Gasteiger partial charge in [-0.3, -0.25) is 9.10 Å². The molecule has 1 amide bonds. The van der Waals surface area contributed by atoms with Crippen LogP contribution in [0.3, 0.4) is 0 Å². The van der Waals surface area contributed by atoms with Crippen molar-refractivity contribution in [3.63, 3.8) is 0 Å². The average Bonchev–Trinajstić information content (AvgIpc) is 3.26. The summed E-state index contributed by atoms with van der Waals surface area (Å²) < 4.78 is 32.0. The van der Waals surface area contributed by atoms with E-state index in [1.54, 1.807) is 53.9 Å². The summed E-state index contributed by atoms with van der Waals surface area (Å²) in [7, 11) is -2.09. The molecule has 2 aromatic carbocycles. The Morgan fingerprint density at radius 3 is 2.55 bits per heavy atom. The summed E-state index contributed by atoms with van der Waals surface area (Å²) in [5.41, 5.74) is 1.39. The molecule has 9 heteroatoms. The zero-order chi connectivity index (χ0) is 20.9. The maximum Gasteiger partial charge on any atom is 0.273 e. The number of hydrogen-bond acceptors (Lipinski definition) is 5. The van der Waals surface area contributed by atoms with Gasteiger partial charge in [-0.05, 0) is 53.4 Å². The molecule has 1 heterocycles. The van der Waals surface area contributed by atoms with Gasteiger partial charge in [0, 0.05) is 18.6 Å². The Labute approximate surface area is 178 Å². The van der Waals surface area contributed by atoms with E-state index < -0.39 is 10.0 Å². The van der Waals surface area contributed by atoms with Gasteiger partial charge in [0.25, 0.3) is 15.9 Å². The predicted octanol–water partition coefficient (Wildman–Crippen LogP) is 3.92. The number of amides is 1. The molecule has 0 aliphatic rings. The van der Waals surface area contributed by atoms with Crippen molar-refractivity contribution in [3.05, 3.63) is 76.6 Å². The Bertz CT molecular complexity index is 1070. The van der Waals surface area contributed by atoms with E-state index in [1.165, 1.54) is 11.4 Å². The molecule has 0 radical (unpaired) electrons. The van der Waals surface area contributed by atoms with Crippen LogP contribution in [0.25, 0.3) is 0 Å². The van der Waals surface area contributed by atoms with E-state index >= 15 is 0 Å². The van der Waals surface area contributed by atoms with Gasteiger partial charge in [-0.15, -0.1) is 11.3 Å². The van der Waals surface area contributed by atoms with Crippen molar-refractivity contribution in [2.24, 2.45) is 0 Å². The van der Waals surface area contributed by atoms with Crippen molar-refractivity contribution < 1.29 is 17.9 Å². The third kappa shape index (κ3) is 5.50. The SMILES string of the molecule is CN(c1ccc(OCC(=O)NCc2cccc(Cl)c2)cc1)S(=O)(=O)c1cccs1. The summed E-state index contributed by atoms with van der Waals surface area (Å²) in [5.74, 6) is 0.194. The molecule has 0 bridgehead atoms. The van der Waals surface area contributed by atoms with Crippen LogP contribution in [-0.2, 0) is 21.4 Å². The standard InChI is InChI=1S/C20H19ClN2O4S2/c1-23(29(25,26)20-6-3-11-28-20)17-7-9-18(10-8-17)27-14-19(24)22-13-15-4-2-5-16(21)12-15/h2-12H,13-14H2,1H3,(H,22,24). The molecule has 0 atom stereocenters. The maximum absolute atomic E-state index is 12.5. The minimum absolute atomic E-state index is 0.150. The number of ether oxygens (including phenoxy) is 1. The Kier molecular flexibility index (Phi) is 6.79. The van der Waals surface area contributed by atoms with Gasteiger partial charge in [0.05, 0.1) is 5.69 Å². The summed E-state index contributed by atoms with van der Waals surface area (Å²) >= 11 is 7.08. The van der Waals surface area contributed by atoms with Crippen LogP contribution in [-0.4, -0.2) is 28.0 Å². The minimum Gasteiger partial charge on any atom is -0.484 e. The van der Waals surface area contributed by atoms with E-state index in [4.69, 9.17) is 16.3 Å². The van der Waals surface area contributed by atoms with Gasteiger partial charge in [-0.25, -0.2) is 8.42 Å². The average molecular weight is 451 g/mol. The molecule has 29 heavy (non-hydrogen) atoms. The second kappa shape index (κ2) is 9.30. The first-order valence-electron chi connectivity index (χ1n) is 8.63. The van der Waals surface area contributed by atoms with E-state index in [1.807, 2.05) is 12.1 Å². The Morgan fingerprint density at radius 1 is 1.14 bits per heavy atom. The van der Waals surface area contributed by atoms with E-state index in [0.29, 0.717) is 23.0 Å². The lowest BCUT2D eigenvalue weighted by atomic mass is 10.2. The highest BCUT2D eigenvalue weighted by Crippen LogP contribution is 2.26. The monoisotopic (exact) mass is 450 g/mol. The van der Waals surface area contributed by atoms with Gasteiger partial charge < -0.3 is 10.1 Å². The van der Waals surface area contributed by atoms with Crippen LogP contribution in [0.5, 0.6) is 5.75 Å². The van der Waals surface area contributed by atoms with Crippen molar-refractivity contribution in [1.29, 1.82) is 0 Å². The zero-order valence-corrected chi connectivity index (χ0v) is 17.9. The van der Waals surface area contributed by atoms with Gasteiger partial charge in [-0.2, -0.15) is 0 Å². The highest BCUT2D eigenvalue weighted by Gasteiger charge is 2.22. The van der Waals surface area contributed by atoms with E-state index in [-0.39, 0.29) is 16.7 Å². The van der Waals surface area contributed by atoms with E-state index in [2.05, 4.69) is 5.32 Å². The van der Waals surface area contributed by atoms with Gasteiger partial charge in [0.15, 0.2) is 6.61 Å². The van der Waals surface area contributed by atoms with Gasteiger partial charge >= 0.3 is 0 Å². The van der Waals surface area contributed by atoms with Gasteiger partial charge in [0.1, 0.15) is 9.96 Å². The number of benzene rings is 2. The van der Waals surface area contributed by atoms with Crippen molar-refractivity contribution in [2.45, 2.75) is 10.8 Å². The number of halogens is 1. The van der Waals surface area contributed by atoms with Crippen LogP contribution in [0, 0.1) is 0 Å². The van der Waals surface area contributed by atoms with Crippen LogP contribution >= 0.6 is 22.9 Å². The zero-order valence-electron chi connectivity index (χ0n) is 15.5. The number of nitrogens with zero attached hydrogens (tertiary/aromatic N) is 1. The van der Waals surface area contributed by atoms with Crippen molar-refractivity contribution in [1.82, 2.24) is 5.32 Å². The number of carbonyl (C=O) groups excluding carboxylic acids is 1. The molecule has 3 rings (SSSR count). The minimum atomic E-state index is -3.59. The lowest BCUT2D eigenvalue weighted by Gasteiger charge is -2.18. The lowest BCUT2D eigenvalue weighted by Crippen LogP contribution is -2.28. The summed E-state index contributed by atoms with van der Waals surface area (Å²) in [4.78, 5) is 12.0. The fraction of sp³-hybridized carbons (Fsp3) is 0.150. The Hall–Kier alpha value is -2.55. The molecule has 6 nitrogen and oxygen atoms in total. The predicted molar refractivity (Wildman–Crippen MR) is 115 cm³/mol. The summed E-state index contributed by atoms with van der Waals surface area (Å²) in [6.45, 7) is 0.205. The second-order valence-corrected chi connectivity index (χ2v) is 9.67. The Balaban J connectivity index is 1.53. The molecule has 0 saturated heterocycles. The number of nitrogens with one attached hydrogen (secondary N) is 1. The van der Waals surface area contributed by atoms with Crippen LogP contribution in [0.2, 0.25) is 5.02 Å². The van der Waals surface area contributed by atoms with E-state index in [9.17, 15) is 13.2 Å². The quantitative estimate of drug-likeness (QED) is 0.564. The maximum atomic E-state index is 12.5. The second-order valence-electron chi connectivity index (χ2n) is 6.09. The third-order valence-corrected chi connectivity index (χ3v) is 7.45. The number of anilines is 1. The topological polar surface area (TPSA) is 75.7 Å². The molecule has 3 aromatic rings. The smallest absolute Gasteiger partial charge is 0.273 e. The van der Waals surface area contributed by atoms with Crippen molar-refractivity contribution in [3.8, 4) is 5.75 Å². The van der Waals surface area contributed by atoms with Gasteiger partial charge in [-0.1, -0.05) is 29.8 Å². The van der Waals surface area contributed by atoms with Crippen molar-refractivity contribution >= 4 is 44.6 Å². The summed E-state index contributed by atoms with van der Waals surface area (Å²) in [5, 5.41) is 5.08. The highest BCUT2D eigenvalue weighted by atomic mass is 35.5. The number of carbonyl (C=O) groups is 1. The summed E-state index contributed by atoms with van der Waals surface area (Å²) in [6.07, 6.45) is 0. The van der Waals surface area contributed by atoms with Crippen LogP contribution in [0.4, 0.5) is 5.69 Å². The first-order valence-corrected chi connectivity index (χ1v) is 11.3. The van der Waals surface area contributed by atoms with Crippen LogP contribution in [0.1, 0.15) is 5.56 Å². The largest absolute Gasteiger partial charge is 0.484 e. The first kappa shape index (κ1) is 21.2. The molecule has 0 unspecified atom stereocenters. The highest BCUT2D eigenvalue weighted by molar-refractivity contribution is 7.94. The molecule has 152 valence electrons. The van der Waals surface area contributed by atoms with Crippen LogP contribution < -0.4 is 14.4 Å². The number of hydrogen-bond donors (Lipinski definition) is 1.